The van der Waals surface area contributed by atoms with Gasteiger partial charge >= 0.3 is 0 Å². The second kappa shape index (κ2) is 8.48. The highest BCUT2D eigenvalue weighted by Crippen LogP contribution is 2.49. The SMILES string of the molecule is O=C([O-])[C@H]1C2CCC(CC2)[C@H]1C(=O)N1CC[NH+](C/C=C/c2ccccc2)CC1. The van der Waals surface area contributed by atoms with Crippen molar-refractivity contribution >= 4 is 18.0 Å². The third kappa shape index (κ3) is 4.00. The first-order valence-corrected chi connectivity index (χ1v) is 10.7. The standard InChI is InChI=1S/C23H30N2O3/c26-22(20-18-8-10-19(11-9-18)21(20)23(27)28)25-15-13-24(14-16-25)12-4-7-17-5-2-1-3-6-17/h1-7,18-21H,8-16H2,(H,27,28)/b7-4+/t18?,19?,20-,21+/m1/s1. The monoisotopic (exact) mass is 382 g/mol. The molecule has 0 unspecified atom stereocenters. The molecule has 1 aromatic carbocycles. The molecule has 0 radical (unpaired) electrons. The lowest BCUT2D eigenvalue weighted by Crippen LogP contribution is -3.14. The summed E-state index contributed by atoms with van der Waals surface area (Å²) >= 11 is 0. The second-order valence-electron chi connectivity index (χ2n) is 8.64. The zero-order valence-electron chi connectivity index (χ0n) is 16.4. The van der Waals surface area contributed by atoms with E-state index in [2.05, 4.69) is 24.3 Å². The van der Waals surface area contributed by atoms with Gasteiger partial charge in [-0.2, -0.15) is 0 Å². The van der Waals surface area contributed by atoms with Crippen molar-refractivity contribution in [2.24, 2.45) is 23.7 Å². The summed E-state index contributed by atoms with van der Waals surface area (Å²) in [5, 5.41) is 11.7. The number of benzene rings is 1. The topological polar surface area (TPSA) is 64.9 Å². The summed E-state index contributed by atoms with van der Waals surface area (Å²) in [6, 6.07) is 10.3. The van der Waals surface area contributed by atoms with Crippen molar-refractivity contribution in [3.8, 4) is 0 Å². The van der Waals surface area contributed by atoms with Gasteiger partial charge in [0.2, 0.25) is 5.91 Å². The average Bonchev–Trinajstić information content (AvgIpc) is 2.74. The van der Waals surface area contributed by atoms with Gasteiger partial charge in [0.25, 0.3) is 0 Å². The molecule has 28 heavy (non-hydrogen) atoms. The summed E-state index contributed by atoms with van der Waals surface area (Å²) in [4.78, 5) is 28.3. The van der Waals surface area contributed by atoms with Crippen LogP contribution in [0.3, 0.4) is 0 Å². The molecule has 0 spiro atoms. The van der Waals surface area contributed by atoms with Gasteiger partial charge < -0.3 is 19.7 Å². The molecule has 1 amide bonds. The highest BCUT2D eigenvalue weighted by molar-refractivity contribution is 5.85. The Morgan fingerprint density at radius 3 is 2.21 bits per heavy atom. The molecule has 150 valence electrons. The van der Waals surface area contributed by atoms with E-state index in [9.17, 15) is 14.7 Å². The largest absolute Gasteiger partial charge is 0.550 e. The van der Waals surface area contributed by atoms with Gasteiger partial charge in [0.05, 0.1) is 32.7 Å². The molecular formula is C23H30N2O3. The summed E-state index contributed by atoms with van der Waals surface area (Å²) in [7, 11) is 0. The quantitative estimate of drug-likeness (QED) is 0.793. The predicted octanol–water partition coefficient (Wildman–Crippen LogP) is 0.229. The molecule has 3 saturated carbocycles. The van der Waals surface area contributed by atoms with Crippen molar-refractivity contribution in [2.75, 3.05) is 32.7 Å². The zero-order valence-corrected chi connectivity index (χ0v) is 16.4. The van der Waals surface area contributed by atoms with Gasteiger partial charge in [0, 0.05) is 17.8 Å². The summed E-state index contributed by atoms with van der Waals surface area (Å²) in [5.74, 6) is -1.49. The summed E-state index contributed by atoms with van der Waals surface area (Å²) < 4.78 is 0. The molecule has 3 aliphatic carbocycles. The molecule has 4 aliphatic rings. The highest BCUT2D eigenvalue weighted by Gasteiger charge is 2.49. The van der Waals surface area contributed by atoms with Crippen LogP contribution in [0.25, 0.3) is 6.08 Å². The Labute approximate surface area is 167 Å². The van der Waals surface area contributed by atoms with E-state index in [0.29, 0.717) is 0 Å². The molecule has 1 N–H and O–H groups in total. The van der Waals surface area contributed by atoms with Crippen LogP contribution >= 0.6 is 0 Å². The maximum absolute atomic E-state index is 13.2. The smallest absolute Gasteiger partial charge is 0.227 e. The van der Waals surface area contributed by atoms with Crippen LogP contribution in [0, 0.1) is 23.7 Å². The Kier molecular flexibility index (Phi) is 5.81. The number of carboxylic acid groups (broad SMARTS) is 1. The van der Waals surface area contributed by atoms with Gasteiger partial charge in [-0.05, 0) is 49.2 Å². The summed E-state index contributed by atoms with van der Waals surface area (Å²) in [5.41, 5.74) is 1.20. The first-order chi connectivity index (χ1) is 13.6. The molecule has 2 atom stereocenters. The second-order valence-corrected chi connectivity index (χ2v) is 8.64. The van der Waals surface area contributed by atoms with E-state index < -0.39 is 11.9 Å². The lowest BCUT2D eigenvalue weighted by atomic mass is 9.58. The number of quaternary nitrogens is 1. The Morgan fingerprint density at radius 2 is 1.61 bits per heavy atom. The van der Waals surface area contributed by atoms with Crippen molar-refractivity contribution in [1.29, 1.82) is 0 Å². The van der Waals surface area contributed by atoms with Crippen molar-refractivity contribution in [3.05, 3.63) is 42.0 Å². The Hall–Kier alpha value is -2.14. The molecule has 4 fully saturated rings. The molecule has 1 heterocycles. The van der Waals surface area contributed by atoms with Crippen LogP contribution in [-0.4, -0.2) is 49.5 Å². The molecule has 0 aromatic heterocycles. The van der Waals surface area contributed by atoms with Crippen LogP contribution in [-0.2, 0) is 9.59 Å². The number of piperazine rings is 1. The Bertz CT molecular complexity index is 717. The van der Waals surface area contributed by atoms with Crippen molar-refractivity contribution in [2.45, 2.75) is 25.7 Å². The zero-order chi connectivity index (χ0) is 19.5. The Balaban J connectivity index is 1.31. The molecular weight excluding hydrogens is 352 g/mol. The van der Waals surface area contributed by atoms with Crippen LogP contribution in [0.2, 0.25) is 0 Å². The van der Waals surface area contributed by atoms with E-state index in [-0.39, 0.29) is 23.7 Å². The normalized spacial score (nSPS) is 30.6. The van der Waals surface area contributed by atoms with Gasteiger partial charge in [-0.3, -0.25) is 4.79 Å². The van der Waals surface area contributed by atoms with E-state index in [0.717, 1.165) is 58.4 Å². The van der Waals surface area contributed by atoms with Gasteiger partial charge in [0.1, 0.15) is 0 Å². The molecule has 1 aromatic rings. The average molecular weight is 383 g/mol. The van der Waals surface area contributed by atoms with E-state index in [4.69, 9.17) is 0 Å². The molecule has 1 aliphatic heterocycles. The number of fused-ring (bicyclic) bond motifs is 3. The third-order valence-electron chi connectivity index (χ3n) is 7.08. The number of carbonyl (C=O) groups is 2. The molecule has 5 nitrogen and oxygen atoms in total. The molecule has 5 rings (SSSR count). The van der Waals surface area contributed by atoms with Crippen LogP contribution in [0.4, 0.5) is 0 Å². The van der Waals surface area contributed by atoms with Gasteiger partial charge in [0.15, 0.2) is 0 Å². The number of carboxylic acids is 1. The molecule has 1 saturated heterocycles. The third-order valence-corrected chi connectivity index (χ3v) is 7.08. The number of hydrogen-bond donors (Lipinski definition) is 1. The van der Waals surface area contributed by atoms with Crippen LogP contribution < -0.4 is 10.0 Å². The highest BCUT2D eigenvalue weighted by atomic mass is 16.4. The fourth-order valence-corrected chi connectivity index (χ4v) is 5.53. The fraction of sp³-hybridized carbons (Fsp3) is 0.565. The number of amides is 1. The maximum atomic E-state index is 13.2. The summed E-state index contributed by atoms with van der Waals surface area (Å²) in [6.45, 7) is 4.23. The number of aliphatic carboxylic acids is 1. The van der Waals surface area contributed by atoms with Crippen LogP contribution in [0.5, 0.6) is 0 Å². The number of rotatable bonds is 5. The number of nitrogens with zero attached hydrogens (tertiary/aromatic N) is 1. The number of hydrogen-bond acceptors (Lipinski definition) is 3. The maximum Gasteiger partial charge on any atom is 0.227 e. The van der Waals surface area contributed by atoms with Crippen LogP contribution in [0.1, 0.15) is 31.2 Å². The first kappa shape index (κ1) is 19.2. The first-order valence-electron chi connectivity index (χ1n) is 10.7. The van der Waals surface area contributed by atoms with E-state index >= 15 is 0 Å². The molecule has 5 heteroatoms. The fourth-order valence-electron chi connectivity index (χ4n) is 5.53. The molecule has 2 bridgehead atoms. The van der Waals surface area contributed by atoms with Crippen molar-refractivity contribution < 1.29 is 19.6 Å². The van der Waals surface area contributed by atoms with Crippen molar-refractivity contribution in [1.82, 2.24) is 4.90 Å². The minimum Gasteiger partial charge on any atom is -0.550 e. The lowest BCUT2D eigenvalue weighted by molar-refractivity contribution is -0.898. The lowest BCUT2D eigenvalue weighted by Gasteiger charge is -2.49. The van der Waals surface area contributed by atoms with Gasteiger partial charge in [-0.15, -0.1) is 0 Å². The van der Waals surface area contributed by atoms with E-state index in [1.807, 2.05) is 23.1 Å². The van der Waals surface area contributed by atoms with E-state index in [1.165, 1.54) is 10.5 Å². The predicted molar refractivity (Wildman–Crippen MR) is 105 cm³/mol. The minimum atomic E-state index is -1.01. The number of nitrogens with one attached hydrogen (secondary N) is 1. The van der Waals surface area contributed by atoms with Crippen molar-refractivity contribution in [3.63, 3.8) is 0 Å². The van der Waals surface area contributed by atoms with E-state index in [1.54, 1.807) is 0 Å². The minimum absolute atomic E-state index is 0.0717. The van der Waals surface area contributed by atoms with Gasteiger partial charge in [-0.25, -0.2) is 0 Å². The van der Waals surface area contributed by atoms with Crippen LogP contribution in [0.15, 0.2) is 36.4 Å². The Morgan fingerprint density at radius 1 is 1.00 bits per heavy atom. The van der Waals surface area contributed by atoms with Gasteiger partial charge in [-0.1, -0.05) is 36.4 Å². The number of carbonyl (C=O) groups excluding carboxylic acids is 2. The summed E-state index contributed by atoms with van der Waals surface area (Å²) in [6.07, 6.45) is 8.24.